The molecule has 0 saturated heterocycles. The van der Waals surface area contributed by atoms with Crippen LogP contribution in [-0.4, -0.2) is 16.1 Å². The van der Waals surface area contributed by atoms with Gasteiger partial charge in [-0.05, 0) is 18.2 Å². The minimum atomic E-state index is -1.14. The smallest absolute Gasteiger partial charge is 0.325 e. The quantitative estimate of drug-likeness (QED) is 0.697. The Morgan fingerprint density at radius 2 is 2.27 bits per heavy atom. The number of nitrogens with one attached hydrogen (secondary N) is 1. The van der Waals surface area contributed by atoms with Gasteiger partial charge >= 0.3 is 5.97 Å². The minimum Gasteiger partial charge on any atom is -0.480 e. The first-order valence-electron chi connectivity index (χ1n) is 4.34. The molecule has 0 bridgehead atoms. The Labute approximate surface area is 84.5 Å². The highest BCUT2D eigenvalue weighted by Gasteiger charge is 2.18. The first kappa shape index (κ1) is 9.67. The van der Waals surface area contributed by atoms with E-state index in [2.05, 4.69) is 4.98 Å². The van der Waals surface area contributed by atoms with Gasteiger partial charge in [0.05, 0.1) is 0 Å². The van der Waals surface area contributed by atoms with Gasteiger partial charge in [-0.2, -0.15) is 0 Å². The fraction of sp³-hybridized carbons (Fsp3) is 0.100. The topological polar surface area (TPSA) is 79.1 Å². The van der Waals surface area contributed by atoms with Crippen LogP contribution in [0.1, 0.15) is 11.6 Å². The highest BCUT2D eigenvalue weighted by Crippen LogP contribution is 2.23. The number of carbonyl (C=O) groups is 1. The van der Waals surface area contributed by atoms with Crippen LogP contribution in [0.5, 0.6) is 0 Å². The van der Waals surface area contributed by atoms with E-state index in [1.54, 1.807) is 6.07 Å². The average Bonchev–Trinajstić information content (AvgIpc) is 2.59. The molecule has 1 atom stereocenters. The number of carboxylic acids is 1. The Morgan fingerprint density at radius 1 is 1.53 bits per heavy atom. The van der Waals surface area contributed by atoms with Crippen molar-refractivity contribution in [2.45, 2.75) is 6.04 Å². The molecule has 2 rings (SSSR count). The number of aliphatic carboxylic acids is 1. The molecule has 1 aromatic carbocycles. The first-order valence-corrected chi connectivity index (χ1v) is 4.34. The molecule has 2 aromatic rings. The van der Waals surface area contributed by atoms with Crippen molar-refractivity contribution < 1.29 is 14.3 Å². The number of aromatic amines is 1. The number of rotatable bonds is 2. The first-order chi connectivity index (χ1) is 7.09. The van der Waals surface area contributed by atoms with Gasteiger partial charge in [-0.15, -0.1) is 0 Å². The number of benzene rings is 1. The van der Waals surface area contributed by atoms with E-state index in [1.807, 2.05) is 0 Å². The Balaban J connectivity index is 2.61. The van der Waals surface area contributed by atoms with Crippen molar-refractivity contribution in [3.05, 3.63) is 35.8 Å². The third-order valence-corrected chi connectivity index (χ3v) is 2.28. The van der Waals surface area contributed by atoms with E-state index in [9.17, 15) is 9.18 Å². The molecule has 4 N–H and O–H groups in total. The van der Waals surface area contributed by atoms with Crippen LogP contribution in [-0.2, 0) is 4.79 Å². The molecule has 15 heavy (non-hydrogen) atoms. The molecular weight excluding hydrogens is 199 g/mol. The van der Waals surface area contributed by atoms with E-state index in [4.69, 9.17) is 10.8 Å². The standard InChI is InChI=1S/C10H9FN2O2/c11-5-1-2-8-6(3-5)7(4-13-8)9(12)10(14)15/h1-4,9,13H,12H2,(H,14,15). The molecule has 1 aromatic heterocycles. The number of H-pyrrole nitrogens is 1. The molecule has 1 unspecified atom stereocenters. The van der Waals surface area contributed by atoms with E-state index >= 15 is 0 Å². The van der Waals surface area contributed by atoms with Crippen LogP contribution < -0.4 is 5.73 Å². The lowest BCUT2D eigenvalue weighted by Gasteiger charge is -2.03. The molecule has 5 heteroatoms. The van der Waals surface area contributed by atoms with Gasteiger partial charge in [-0.25, -0.2) is 4.39 Å². The normalized spacial score (nSPS) is 12.9. The van der Waals surface area contributed by atoms with Gasteiger partial charge in [0, 0.05) is 22.7 Å². The van der Waals surface area contributed by atoms with E-state index in [0.717, 1.165) is 0 Å². The van der Waals surface area contributed by atoms with E-state index in [0.29, 0.717) is 16.5 Å². The number of fused-ring (bicyclic) bond motifs is 1. The third kappa shape index (κ3) is 1.57. The Hall–Kier alpha value is -1.88. The molecule has 0 amide bonds. The predicted octanol–water partition coefficient (Wildman–Crippen LogP) is 1.39. The van der Waals surface area contributed by atoms with Crippen molar-refractivity contribution in [3.63, 3.8) is 0 Å². The minimum absolute atomic E-state index is 0.386. The van der Waals surface area contributed by atoms with Gasteiger partial charge in [0.25, 0.3) is 0 Å². The van der Waals surface area contributed by atoms with E-state index in [1.165, 1.54) is 18.3 Å². The molecule has 0 spiro atoms. The van der Waals surface area contributed by atoms with Crippen LogP contribution in [0.4, 0.5) is 4.39 Å². The van der Waals surface area contributed by atoms with Crippen molar-refractivity contribution in [3.8, 4) is 0 Å². The fourth-order valence-electron chi connectivity index (χ4n) is 1.50. The molecule has 0 radical (unpaired) electrons. The molecular formula is C10H9FN2O2. The highest BCUT2D eigenvalue weighted by molar-refractivity contribution is 5.88. The van der Waals surface area contributed by atoms with Crippen LogP contribution in [0.15, 0.2) is 24.4 Å². The maximum absolute atomic E-state index is 13.0. The second kappa shape index (κ2) is 3.36. The van der Waals surface area contributed by atoms with E-state index in [-0.39, 0.29) is 0 Å². The summed E-state index contributed by atoms with van der Waals surface area (Å²) in [6, 6.07) is 2.97. The maximum atomic E-state index is 13.0. The van der Waals surface area contributed by atoms with Crippen molar-refractivity contribution in [1.82, 2.24) is 4.98 Å². The van der Waals surface area contributed by atoms with Crippen molar-refractivity contribution >= 4 is 16.9 Å². The molecule has 0 aliphatic rings. The molecule has 1 heterocycles. The van der Waals surface area contributed by atoms with Crippen molar-refractivity contribution in [2.24, 2.45) is 5.73 Å². The number of halogens is 1. The van der Waals surface area contributed by atoms with Crippen LogP contribution in [0, 0.1) is 5.82 Å². The van der Waals surface area contributed by atoms with Gasteiger partial charge in [0.15, 0.2) is 0 Å². The highest BCUT2D eigenvalue weighted by atomic mass is 19.1. The van der Waals surface area contributed by atoms with Crippen molar-refractivity contribution in [2.75, 3.05) is 0 Å². The molecule has 0 aliphatic carbocycles. The summed E-state index contributed by atoms with van der Waals surface area (Å²) in [5.41, 5.74) is 6.51. The predicted molar refractivity (Wildman–Crippen MR) is 52.8 cm³/mol. The number of hydrogen-bond donors (Lipinski definition) is 3. The lowest BCUT2D eigenvalue weighted by atomic mass is 10.1. The summed E-state index contributed by atoms with van der Waals surface area (Å²) in [4.78, 5) is 13.5. The maximum Gasteiger partial charge on any atom is 0.325 e. The van der Waals surface area contributed by atoms with Crippen molar-refractivity contribution in [1.29, 1.82) is 0 Å². The van der Waals surface area contributed by atoms with Crippen LogP contribution in [0.25, 0.3) is 10.9 Å². The van der Waals surface area contributed by atoms with Crippen LogP contribution in [0.2, 0.25) is 0 Å². The van der Waals surface area contributed by atoms with Gasteiger partial charge in [0.1, 0.15) is 11.9 Å². The monoisotopic (exact) mass is 208 g/mol. The summed E-state index contributed by atoms with van der Waals surface area (Å²) in [7, 11) is 0. The summed E-state index contributed by atoms with van der Waals surface area (Å²) in [5.74, 6) is -1.55. The number of aromatic nitrogens is 1. The van der Waals surface area contributed by atoms with E-state index < -0.39 is 17.8 Å². The number of nitrogens with two attached hydrogens (primary N) is 1. The van der Waals surface area contributed by atoms with Gasteiger partial charge in [-0.1, -0.05) is 0 Å². The fourth-order valence-corrected chi connectivity index (χ4v) is 1.50. The molecule has 78 valence electrons. The zero-order valence-electron chi connectivity index (χ0n) is 7.70. The second-order valence-corrected chi connectivity index (χ2v) is 3.25. The van der Waals surface area contributed by atoms with Gasteiger partial charge in [-0.3, -0.25) is 4.79 Å². The lowest BCUT2D eigenvalue weighted by molar-refractivity contribution is -0.138. The van der Waals surface area contributed by atoms with Crippen LogP contribution >= 0.6 is 0 Å². The Morgan fingerprint density at radius 3 is 2.93 bits per heavy atom. The number of carboxylic acid groups (broad SMARTS) is 1. The third-order valence-electron chi connectivity index (χ3n) is 2.28. The zero-order chi connectivity index (χ0) is 11.0. The Bertz CT molecular complexity index is 521. The SMILES string of the molecule is NC(C(=O)O)c1c[nH]c2ccc(F)cc12. The molecule has 4 nitrogen and oxygen atoms in total. The summed E-state index contributed by atoms with van der Waals surface area (Å²) >= 11 is 0. The largest absolute Gasteiger partial charge is 0.480 e. The Kier molecular flexibility index (Phi) is 2.17. The molecule has 0 aliphatic heterocycles. The molecule has 0 saturated carbocycles. The summed E-state index contributed by atoms with van der Waals surface area (Å²) in [6.45, 7) is 0. The number of hydrogen-bond acceptors (Lipinski definition) is 2. The summed E-state index contributed by atoms with van der Waals surface area (Å²) in [5, 5.41) is 9.25. The summed E-state index contributed by atoms with van der Waals surface area (Å²) in [6.07, 6.45) is 1.49. The van der Waals surface area contributed by atoms with Gasteiger partial charge < -0.3 is 15.8 Å². The lowest BCUT2D eigenvalue weighted by Crippen LogP contribution is -2.20. The van der Waals surface area contributed by atoms with Crippen LogP contribution in [0.3, 0.4) is 0 Å². The van der Waals surface area contributed by atoms with Gasteiger partial charge in [0.2, 0.25) is 0 Å². The summed E-state index contributed by atoms with van der Waals surface area (Å²) < 4.78 is 13.0. The second-order valence-electron chi connectivity index (χ2n) is 3.25. The zero-order valence-corrected chi connectivity index (χ0v) is 7.70. The molecule has 0 fully saturated rings. The average molecular weight is 208 g/mol.